The normalized spacial score (nSPS) is 12.5. The first kappa shape index (κ1) is 22.1. The van der Waals surface area contributed by atoms with E-state index < -0.39 is 35.0 Å². The molecular weight excluding hydrogens is 430 g/mol. The summed E-state index contributed by atoms with van der Waals surface area (Å²) in [6, 6.07) is 4.27. The van der Waals surface area contributed by atoms with Gasteiger partial charge in [0.2, 0.25) is 0 Å². The van der Waals surface area contributed by atoms with Gasteiger partial charge >= 0.3 is 12.4 Å². The smallest absolute Gasteiger partial charge is 0.271 e. The average Bonchev–Trinajstić information content (AvgIpc) is 3.19. The van der Waals surface area contributed by atoms with Gasteiger partial charge in [0.25, 0.3) is 5.91 Å². The van der Waals surface area contributed by atoms with Gasteiger partial charge in [-0.25, -0.2) is 4.98 Å². The van der Waals surface area contributed by atoms with E-state index >= 15 is 0 Å². The van der Waals surface area contributed by atoms with Crippen molar-refractivity contribution in [2.24, 2.45) is 10.2 Å². The second-order valence-electron chi connectivity index (χ2n) is 6.18. The lowest BCUT2D eigenvalue weighted by Crippen LogP contribution is -2.11. The molecule has 0 unspecified atom stereocenters. The number of azo groups is 1. The number of hydrogen-bond donors (Lipinski definition) is 0. The molecule has 0 N–H and O–H groups in total. The number of aromatic nitrogens is 4. The van der Waals surface area contributed by atoms with Crippen LogP contribution in [0.4, 0.5) is 32.0 Å². The second kappa shape index (κ2) is 8.62. The van der Waals surface area contributed by atoms with Gasteiger partial charge in [-0.2, -0.15) is 31.4 Å². The minimum absolute atomic E-state index is 0.0203. The maximum Gasteiger partial charge on any atom is 0.416 e. The molecule has 0 atom stereocenters. The molecule has 13 heteroatoms. The Labute approximate surface area is 170 Å². The number of carbonyl (C=O) groups excluding carboxylic acids is 1. The summed E-state index contributed by atoms with van der Waals surface area (Å²) in [6.07, 6.45) is -6.12. The lowest BCUT2D eigenvalue weighted by Gasteiger charge is -2.13. The molecule has 1 amide bonds. The number of pyridine rings is 1. The van der Waals surface area contributed by atoms with Crippen LogP contribution >= 0.6 is 0 Å². The average molecular weight is 442 g/mol. The molecule has 3 aromatic rings. The highest BCUT2D eigenvalue weighted by atomic mass is 19.4. The number of amides is 1. The highest BCUT2D eigenvalue weighted by molar-refractivity contribution is 5.76. The number of nitrogens with zero attached hydrogens (tertiary/aromatic N) is 6. The molecule has 3 rings (SSSR count). The van der Waals surface area contributed by atoms with E-state index in [-0.39, 0.29) is 24.9 Å². The Morgan fingerprint density at radius 1 is 1.03 bits per heavy atom. The summed E-state index contributed by atoms with van der Waals surface area (Å²) >= 11 is 0. The molecule has 0 bridgehead atoms. The summed E-state index contributed by atoms with van der Waals surface area (Å²) in [4.78, 5) is 19.3. The van der Waals surface area contributed by atoms with E-state index in [0.717, 1.165) is 11.0 Å². The number of benzene rings is 1. The minimum atomic E-state index is -4.98. The zero-order valence-electron chi connectivity index (χ0n) is 15.4. The molecule has 0 spiro atoms. The van der Waals surface area contributed by atoms with Gasteiger partial charge in [0.1, 0.15) is 12.0 Å². The summed E-state index contributed by atoms with van der Waals surface area (Å²) in [6.45, 7) is -0.0526. The van der Waals surface area contributed by atoms with Crippen molar-refractivity contribution in [1.82, 2.24) is 19.7 Å². The lowest BCUT2D eigenvalue weighted by molar-refractivity contribution is -0.143. The quantitative estimate of drug-likeness (QED) is 0.408. The predicted octanol–water partition coefficient (Wildman–Crippen LogP) is 5.08. The van der Waals surface area contributed by atoms with E-state index in [9.17, 15) is 31.1 Å². The largest absolute Gasteiger partial charge is 0.416 e. The molecule has 0 aliphatic rings. The third-order valence-corrected chi connectivity index (χ3v) is 3.86. The fraction of sp³-hybridized carbons (Fsp3) is 0.222. The molecule has 0 aliphatic heterocycles. The number of hydrogen-bond acceptors (Lipinski definition) is 5. The Kier molecular flexibility index (Phi) is 6.13. The summed E-state index contributed by atoms with van der Waals surface area (Å²) in [5.74, 6) is -0.958. The predicted molar refractivity (Wildman–Crippen MR) is 93.8 cm³/mol. The van der Waals surface area contributed by atoms with Gasteiger partial charge in [0.15, 0.2) is 5.82 Å². The summed E-state index contributed by atoms with van der Waals surface area (Å²) in [7, 11) is 0. The third kappa shape index (κ3) is 5.93. The van der Waals surface area contributed by atoms with Crippen LogP contribution in [0.1, 0.15) is 17.5 Å². The van der Waals surface area contributed by atoms with Gasteiger partial charge in [-0.3, -0.25) is 14.5 Å². The molecule has 1 aromatic carbocycles. The Bertz CT molecular complexity index is 1060. The second-order valence-corrected chi connectivity index (χ2v) is 6.18. The van der Waals surface area contributed by atoms with Crippen molar-refractivity contribution in [3.63, 3.8) is 0 Å². The van der Waals surface area contributed by atoms with E-state index in [1.54, 1.807) is 12.1 Å². The Morgan fingerprint density at radius 3 is 2.29 bits per heavy atom. The number of halogens is 6. The van der Waals surface area contributed by atoms with Crippen molar-refractivity contribution in [3.05, 3.63) is 60.2 Å². The minimum Gasteiger partial charge on any atom is -0.271 e. The van der Waals surface area contributed by atoms with Crippen LogP contribution in [-0.4, -0.2) is 25.7 Å². The fourth-order valence-electron chi connectivity index (χ4n) is 2.41. The zero-order chi connectivity index (χ0) is 22.6. The highest BCUT2D eigenvalue weighted by Crippen LogP contribution is 2.38. The molecule has 0 fully saturated rings. The molecule has 0 saturated heterocycles. The summed E-state index contributed by atoms with van der Waals surface area (Å²) < 4.78 is 79.0. The van der Waals surface area contributed by atoms with E-state index in [4.69, 9.17) is 0 Å². The molecule has 0 aliphatic carbocycles. The van der Waals surface area contributed by atoms with Crippen LogP contribution in [0.5, 0.6) is 0 Å². The van der Waals surface area contributed by atoms with Crippen LogP contribution < -0.4 is 0 Å². The summed E-state index contributed by atoms with van der Waals surface area (Å²) in [5.41, 5.74) is -3.04. The molecule has 7 nitrogen and oxygen atoms in total. The zero-order valence-corrected chi connectivity index (χ0v) is 15.4. The molecular formula is C18H12F6N6O. The molecule has 0 radical (unpaired) electrons. The first-order valence-corrected chi connectivity index (χ1v) is 8.56. The molecule has 162 valence electrons. The lowest BCUT2D eigenvalue weighted by atomic mass is 10.0. The fourth-order valence-corrected chi connectivity index (χ4v) is 2.41. The van der Waals surface area contributed by atoms with Crippen LogP contribution in [-0.2, 0) is 23.7 Å². The maximum absolute atomic E-state index is 13.0. The highest BCUT2D eigenvalue weighted by Gasteiger charge is 2.37. The maximum atomic E-state index is 13.0. The van der Waals surface area contributed by atoms with Crippen molar-refractivity contribution in [2.45, 2.75) is 25.3 Å². The third-order valence-electron chi connectivity index (χ3n) is 3.86. The standard InChI is InChI=1S/C18H12F6N6O/c19-17(20,21)12-6-11(7-13(8-12)18(22,23)24)16-26-10-30(29-16)5-3-15(31)28-27-14-2-1-4-25-9-14/h1-2,4,6-10H,3,5H2. The Morgan fingerprint density at radius 2 is 1.71 bits per heavy atom. The van der Waals surface area contributed by atoms with Crippen molar-refractivity contribution in [2.75, 3.05) is 0 Å². The van der Waals surface area contributed by atoms with E-state index in [1.807, 2.05) is 0 Å². The van der Waals surface area contributed by atoms with Gasteiger partial charge in [0.05, 0.1) is 30.3 Å². The number of alkyl halides is 6. The van der Waals surface area contributed by atoms with Gasteiger partial charge < -0.3 is 0 Å². The van der Waals surface area contributed by atoms with E-state index in [2.05, 4.69) is 25.3 Å². The van der Waals surface area contributed by atoms with Crippen LogP contribution in [0.3, 0.4) is 0 Å². The van der Waals surface area contributed by atoms with Crippen molar-refractivity contribution < 1.29 is 31.1 Å². The monoisotopic (exact) mass is 442 g/mol. The van der Waals surface area contributed by atoms with E-state index in [1.165, 1.54) is 12.4 Å². The van der Waals surface area contributed by atoms with Gasteiger partial charge in [-0.15, -0.1) is 10.2 Å². The SMILES string of the molecule is O=C(CCn1cnc(-c2cc(C(F)(F)F)cc(C(F)(F)F)c2)n1)N=Nc1cccnc1. The first-order valence-electron chi connectivity index (χ1n) is 8.56. The van der Waals surface area contributed by atoms with Crippen molar-refractivity contribution in [3.8, 4) is 11.4 Å². The van der Waals surface area contributed by atoms with Crippen molar-refractivity contribution >= 4 is 11.6 Å². The molecule has 0 saturated carbocycles. The van der Waals surface area contributed by atoms with Crippen molar-refractivity contribution in [1.29, 1.82) is 0 Å². The molecule has 31 heavy (non-hydrogen) atoms. The molecule has 2 heterocycles. The number of aryl methyl sites for hydroxylation is 1. The van der Waals surface area contributed by atoms with Crippen LogP contribution in [0.2, 0.25) is 0 Å². The van der Waals surface area contributed by atoms with Gasteiger partial charge in [-0.1, -0.05) is 0 Å². The topological polar surface area (TPSA) is 85.4 Å². The van der Waals surface area contributed by atoms with Gasteiger partial charge in [-0.05, 0) is 30.3 Å². The van der Waals surface area contributed by atoms with Crippen LogP contribution in [0.25, 0.3) is 11.4 Å². The van der Waals surface area contributed by atoms with Crippen LogP contribution in [0.15, 0.2) is 59.3 Å². The molecule has 2 aromatic heterocycles. The number of rotatable bonds is 5. The Hall–Kier alpha value is -3.64. The first-order chi connectivity index (χ1) is 14.5. The van der Waals surface area contributed by atoms with Gasteiger partial charge in [0, 0.05) is 11.8 Å². The van der Waals surface area contributed by atoms with E-state index in [0.29, 0.717) is 17.8 Å². The Balaban J connectivity index is 1.74. The van der Waals surface area contributed by atoms with Crippen LogP contribution in [0, 0.1) is 0 Å². The summed E-state index contributed by atoms with van der Waals surface area (Å²) in [5, 5.41) is 11.0. The number of carbonyl (C=O) groups is 1.